The van der Waals surface area contributed by atoms with Crippen LogP contribution in [0.15, 0.2) is 33.7 Å². The number of nitriles is 1. The maximum atomic E-state index is 12.2. The van der Waals surface area contributed by atoms with Crippen molar-refractivity contribution in [1.29, 1.82) is 5.26 Å². The molecule has 92 valence electrons. The Balaban J connectivity index is 2.09. The molecule has 0 unspecified atom stereocenters. The van der Waals surface area contributed by atoms with Crippen LogP contribution in [-0.4, -0.2) is 22.3 Å². The zero-order chi connectivity index (χ0) is 12.8. The highest BCUT2D eigenvalue weighted by molar-refractivity contribution is 7.07. The largest absolute Gasteiger partial charge is 0.467 e. The minimum Gasteiger partial charge on any atom is -0.467 e. The molecule has 18 heavy (non-hydrogen) atoms. The van der Waals surface area contributed by atoms with Gasteiger partial charge in [-0.3, -0.25) is 4.79 Å². The molecule has 2 rings (SSSR count). The van der Waals surface area contributed by atoms with E-state index >= 15 is 0 Å². The first-order chi connectivity index (χ1) is 8.81. The molecule has 1 amide bonds. The number of hydrogen-bond acceptors (Lipinski definition) is 5. The maximum Gasteiger partial charge on any atom is 0.273 e. The van der Waals surface area contributed by atoms with Gasteiger partial charge in [0.2, 0.25) is 0 Å². The van der Waals surface area contributed by atoms with Crippen LogP contribution in [0.5, 0.6) is 0 Å². The van der Waals surface area contributed by atoms with Gasteiger partial charge < -0.3 is 9.32 Å². The number of rotatable bonds is 5. The van der Waals surface area contributed by atoms with Crippen molar-refractivity contribution >= 4 is 17.2 Å². The van der Waals surface area contributed by atoms with E-state index < -0.39 is 0 Å². The first-order valence-electron chi connectivity index (χ1n) is 5.38. The predicted octanol–water partition coefficient (Wildman–Crippen LogP) is 2.29. The van der Waals surface area contributed by atoms with Crippen LogP contribution in [0, 0.1) is 11.3 Å². The quantitative estimate of drug-likeness (QED) is 0.828. The Labute approximate surface area is 108 Å². The molecule has 6 heteroatoms. The molecule has 2 heterocycles. The van der Waals surface area contributed by atoms with Gasteiger partial charge in [-0.1, -0.05) is 0 Å². The van der Waals surface area contributed by atoms with Crippen molar-refractivity contribution in [1.82, 2.24) is 9.88 Å². The molecular weight excluding hydrogens is 250 g/mol. The molecule has 0 atom stereocenters. The number of nitrogens with zero attached hydrogens (tertiary/aromatic N) is 3. The minimum absolute atomic E-state index is 0.178. The minimum atomic E-state index is -0.178. The lowest BCUT2D eigenvalue weighted by Crippen LogP contribution is -2.31. The van der Waals surface area contributed by atoms with E-state index in [1.807, 2.05) is 6.07 Å². The van der Waals surface area contributed by atoms with Crippen molar-refractivity contribution in [3.8, 4) is 6.07 Å². The Hall–Kier alpha value is -2.13. The molecule has 0 fully saturated rings. The van der Waals surface area contributed by atoms with E-state index in [9.17, 15) is 4.79 Å². The second kappa shape index (κ2) is 5.98. The van der Waals surface area contributed by atoms with Crippen LogP contribution in [0.25, 0.3) is 0 Å². The standard InChI is InChI=1S/C12H11N3O2S/c13-4-2-5-15(7-10-3-1-6-17-10)12(16)11-8-18-9-14-11/h1,3,6,8-9H,2,5,7H2. The van der Waals surface area contributed by atoms with Gasteiger partial charge in [0.25, 0.3) is 5.91 Å². The summed E-state index contributed by atoms with van der Waals surface area (Å²) < 4.78 is 5.22. The zero-order valence-corrected chi connectivity index (χ0v) is 10.4. The van der Waals surface area contributed by atoms with E-state index in [0.717, 1.165) is 0 Å². The average molecular weight is 261 g/mol. The Kier molecular flexibility index (Phi) is 4.10. The van der Waals surface area contributed by atoms with Crippen LogP contribution in [0.1, 0.15) is 22.7 Å². The fourth-order valence-corrected chi connectivity index (χ4v) is 2.03. The highest BCUT2D eigenvalue weighted by Gasteiger charge is 2.18. The molecule has 0 aliphatic carbocycles. The third-order valence-electron chi connectivity index (χ3n) is 2.36. The summed E-state index contributed by atoms with van der Waals surface area (Å²) in [6.45, 7) is 0.721. The van der Waals surface area contributed by atoms with Crippen molar-refractivity contribution < 1.29 is 9.21 Å². The van der Waals surface area contributed by atoms with E-state index in [1.54, 1.807) is 34.2 Å². The second-order valence-electron chi connectivity index (χ2n) is 3.59. The summed E-state index contributed by atoms with van der Waals surface area (Å²) in [5, 5.41) is 10.3. The van der Waals surface area contributed by atoms with Gasteiger partial charge in [0.1, 0.15) is 11.5 Å². The fraction of sp³-hybridized carbons (Fsp3) is 0.250. The van der Waals surface area contributed by atoms with E-state index in [2.05, 4.69) is 4.98 Å². The smallest absolute Gasteiger partial charge is 0.273 e. The third kappa shape index (κ3) is 2.96. The van der Waals surface area contributed by atoms with Crippen LogP contribution >= 0.6 is 11.3 Å². The predicted molar refractivity (Wildman–Crippen MR) is 65.8 cm³/mol. The van der Waals surface area contributed by atoms with E-state index in [4.69, 9.17) is 9.68 Å². The number of carbonyl (C=O) groups excluding carboxylic acids is 1. The summed E-state index contributed by atoms with van der Waals surface area (Å²) >= 11 is 1.37. The second-order valence-corrected chi connectivity index (χ2v) is 4.31. The summed E-state index contributed by atoms with van der Waals surface area (Å²) in [5.74, 6) is 0.513. The fourth-order valence-electron chi connectivity index (χ4n) is 1.51. The van der Waals surface area contributed by atoms with Crippen LogP contribution in [-0.2, 0) is 6.54 Å². The first-order valence-corrected chi connectivity index (χ1v) is 6.32. The molecule has 5 nitrogen and oxygen atoms in total. The zero-order valence-electron chi connectivity index (χ0n) is 9.57. The normalized spacial score (nSPS) is 9.94. The van der Waals surface area contributed by atoms with Gasteiger partial charge in [-0.2, -0.15) is 5.26 Å². The Morgan fingerprint density at radius 1 is 1.61 bits per heavy atom. The SMILES string of the molecule is N#CCCN(Cc1ccco1)C(=O)c1cscn1. The summed E-state index contributed by atoms with van der Waals surface area (Å²) in [6, 6.07) is 5.60. The van der Waals surface area contributed by atoms with Gasteiger partial charge in [-0.25, -0.2) is 4.98 Å². The van der Waals surface area contributed by atoms with Crippen molar-refractivity contribution in [2.45, 2.75) is 13.0 Å². The summed E-state index contributed by atoms with van der Waals surface area (Å²) in [6.07, 6.45) is 1.85. The molecule has 0 bridgehead atoms. The number of carbonyl (C=O) groups is 1. The van der Waals surface area contributed by atoms with Gasteiger partial charge in [0.05, 0.1) is 30.8 Å². The Bertz CT molecular complexity index is 528. The lowest BCUT2D eigenvalue weighted by molar-refractivity contribution is 0.0730. The molecule has 0 saturated heterocycles. The summed E-state index contributed by atoms with van der Waals surface area (Å²) in [7, 11) is 0. The number of aromatic nitrogens is 1. The third-order valence-corrected chi connectivity index (χ3v) is 2.95. The first kappa shape index (κ1) is 12.3. The topological polar surface area (TPSA) is 70.1 Å². The number of amides is 1. The molecule has 0 saturated carbocycles. The molecule has 2 aromatic rings. The van der Waals surface area contributed by atoms with Crippen molar-refractivity contribution in [2.24, 2.45) is 0 Å². The van der Waals surface area contributed by atoms with Gasteiger partial charge in [-0.05, 0) is 12.1 Å². The lowest BCUT2D eigenvalue weighted by Gasteiger charge is -2.19. The van der Waals surface area contributed by atoms with Crippen LogP contribution < -0.4 is 0 Å². The van der Waals surface area contributed by atoms with Gasteiger partial charge >= 0.3 is 0 Å². The number of hydrogen-bond donors (Lipinski definition) is 0. The van der Waals surface area contributed by atoms with Crippen LogP contribution in [0.4, 0.5) is 0 Å². The maximum absolute atomic E-state index is 12.2. The molecule has 0 radical (unpaired) electrons. The highest BCUT2D eigenvalue weighted by atomic mass is 32.1. The molecule has 0 spiro atoms. The number of thiazole rings is 1. The Morgan fingerprint density at radius 3 is 3.11 bits per heavy atom. The monoisotopic (exact) mass is 261 g/mol. The van der Waals surface area contributed by atoms with Crippen molar-refractivity contribution in [2.75, 3.05) is 6.54 Å². The Morgan fingerprint density at radius 2 is 2.50 bits per heavy atom. The molecule has 0 aliphatic rings. The number of furan rings is 1. The molecule has 0 N–H and O–H groups in total. The van der Waals surface area contributed by atoms with Gasteiger partial charge in [-0.15, -0.1) is 11.3 Å². The van der Waals surface area contributed by atoms with Gasteiger partial charge in [0.15, 0.2) is 0 Å². The molecule has 0 aromatic carbocycles. The molecule has 0 aliphatic heterocycles. The van der Waals surface area contributed by atoms with Crippen LogP contribution in [0.3, 0.4) is 0 Å². The average Bonchev–Trinajstić information content (AvgIpc) is 3.06. The summed E-state index contributed by atoms with van der Waals surface area (Å²) in [4.78, 5) is 17.7. The van der Waals surface area contributed by atoms with E-state index in [0.29, 0.717) is 24.5 Å². The van der Waals surface area contributed by atoms with Crippen LogP contribution in [0.2, 0.25) is 0 Å². The van der Waals surface area contributed by atoms with E-state index in [-0.39, 0.29) is 12.3 Å². The molecule has 2 aromatic heterocycles. The van der Waals surface area contributed by atoms with Gasteiger partial charge in [0, 0.05) is 11.9 Å². The van der Waals surface area contributed by atoms with Crippen molar-refractivity contribution in [3.63, 3.8) is 0 Å². The lowest BCUT2D eigenvalue weighted by atomic mass is 10.3. The highest BCUT2D eigenvalue weighted by Crippen LogP contribution is 2.11. The van der Waals surface area contributed by atoms with Crippen molar-refractivity contribution in [3.05, 3.63) is 40.7 Å². The molecular formula is C12H11N3O2S. The van der Waals surface area contributed by atoms with E-state index in [1.165, 1.54) is 11.3 Å². The summed E-state index contributed by atoms with van der Waals surface area (Å²) in [5.41, 5.74) is 2.02.